The van der Waals surface area contributed by atoms with Gasteiger partial charge in [0.25, 0.3) is 0 Å². The molecule has 0 saturated heterocycles. The van der Waals surface area contributed by atoms with E-state index < -0.39 is 0 Å². The van der Waals surface area contributed by atoms with E-state index >= 15 is 0 Å². The second-order valence-corrected chi connectivity index (χ2v) is 5.61. The smallest absolute Gasteiger partial charge is 0.00138 e. The summed E-state index contributed by atoms with van der Waals surface area (Å²) in [4.78, 5) is 0. The molecule has 82 valence electrons. The molecule has 0 atom stereocenters. The Bertz CT molecular complexity index is 346. The standard InChI is InChI=1S/C15H22/c1-7-13-11-15(5,6)9-8-14(3,4)10-12(13)2/h7-11H,1H2,2-6H3. The van der Waals surface area contributed by atoms with Crippen LogP contribution in [-0.2, 0) is 0 Å². The molecule has 0 aliphatic heterocycles. The molecule has 0 unspecified atom stereocenters. The highest BCUT2D eigenvalue weighted by atomic mass is 14.2. The molecule has 1 aliphatic carbocycles. The molecule has 0 N–H and O–H groups in total. The Kier molecular flexibility index (Phi) is 3.08. The van der Waals surface area contributed by atoms with Gasteiger partial charge in [-0.15, -0.1) is 0 Å². The Morgan fingerprint density at radius 2 is 1.47 bits per heavy atom. The minimum atomic E-state index is 0.107. The molecule has 0 heterocycles. The first-order chi connectivity index (χ1) is 6.76. The average Bonchev–Trinajstić information content (AvgIpc) is 2.09. The minimum Gasteiger partial charge on any atom is -0.0985 e. The van der Waals surface area contributed by atoms with Crippen molar-refractivity contribution in [3.8, 4) is 0 Å². The molecule has 0 bridgehead atoms. The van der Waals surface area contributed by atoms with Gasteiger partial charge >= 0.3 is 0 Å². The summed E-state index contributed by atoms with van der Waals surface area (Å²) in [6, 6.07) is 0. The van der Waals surface area contributed by atoms with Crippen molar-refractivity contribution in [2.45, 2.75) is 34.6 Å². The van der Waals surface area contributed by atoms with Gasteiger partial charge in [0, 0.05) is 10.8 Å². The van der Waals surface area contributed by atoms with Crippen molar-refractivity contribution in [2.24, 2.45) is 10.8 Å². The van der Waals surface area contributed by atoms with Crippen molar-refractivity contribution in [2.75, 3.05) is 0 Å². The van der Waals surface area contributed by atoms with E-state index in [1.807, 2.05) is 6.08 Å². The van der Waals surface area contributed by atoms with E-state index in [-0.39, 0.29) is 10.8 Å². The van der Waals surface area contributed by atoms with Crippen LogP contribution < -0.4 is 0 Å². The van der Waals surface area contributed by atoms with Gasteiger partial charge in [0.2, 0.25) is 0 Å². The maximum absolute atomic E-state index is 3.89. The minimum absolute atomic E-state index is 0.107. The first kappa shape index (κ1) is 12.0. The molecular formula is C15H22. The van der Waals surface area contributed by atoms with Crippen LogP contribution in [-0.4, -0.2) is 0 Å². The van der Waals surface area contributed by atoms with E-state index in [4.69, 9.17) is 0 Å². The van der Waals surface area contributed by atoms with Crippen LogP contribution in [0.2, 0.25) is 0 Å². The molecule has 1 rings (SSSR count). The van der Waals surface area contributed by atoms with Crippen molar-refractivity contribution in [3.63, 3.8) is 0 Å². The average molecular weight is 202 g/mol. The molecule has 0 spiro atoms. The van der Waals surface area contributed by atoms with Crippen LogP contribution in [0.15, 0.2) is 48.1 Å². The number of hydrogen-bond acceptors (Lipinski definition) is 0. The van der Waals surface area contributed by atoms with Crippen LogP contribution in [0, 0.1) is 10.8 Å². The monoisotopic (exact) mass is 202 g/mol. The van der Waals surface area contributed by atoms with Gasteiger partial charge in [-0.3, -0.25) is 0 Å². The number of allylic oxidation sites excluding steroid dienone is 7. The van der Waals surface area contributed by atoms with Crippen molar-refractivity contribution in [3.05, 3.63) is 48.1 Å². The summed E-state index contributed by atoms with van der Waals surface area (Å²) < 4.78 is 0. The Hall–Kier alpha value is -1.04. The predicted octanol–water partition coefficient (Wildman–Crippen LogP) is 4.67. The summed E-state index contributed by atoms with van der Waals surface area (Å²) in [5.74, 6) is 0. The molecule has 0 aromatic heterocycles. The fraction of sp³-hybridized carbons (Fsp3) is 0.467. The SMILES string of the molecule is C=CC1=CC(C)(C)C=CC(C)(C)C=C1C. The second-order valence-electron chi connectivity index (χ2n) is 5.61. The Morgan fingerprint density at radius 1 is 1.00 bits per heavy atom. The summed E-state index contributed by atoms with van der Waals surface area (Å²) in [6.07, 6.45) is 11.1. The molecule has 0 radical (unpaired) electrons. The highest BCUT2D eigenvalue weighted by Crippen LogP contribution is 2.33. The summed E-state index contributed by atoms with van der Waals surface area (Å²) in [5.41, 5.74) is 2.80. The third-order valence-corrected chi connectivity index (χ3v) is 2.73. The second kappa shape index (κ2) is 3.84. The summed E-state index contributed by atoms with van der Waals surface area (Å²) >= 11 is 0. The van der Waals surface area contributed by atoms with Gasteiger partial charge in [0.1, 0.15) is 0 Å². The van der Waals surface area contributed by atoms with Crippen molar-refractivity contribution >= 4 is 0 Å². The third kappa shape index (κ3) is 3.23. The van der Waals surface area contributed by atoms with Gasteiger partial charge in [0.05, 0.1) is 0 Å². The highest BCUT2D eigenvalue weighted by Gasteiger charge is 2.19. The van der Waals surface area contributed by atoms with Crippen LogP contribution in [0.3, 0.4) is 0 Å². The van der Waals surface area contributed by atoms with E-state index in [1.165, 1.54) is 11.1 Å². The van der Waals surface area contributed by atoms with Gasteiger partial charge in [-0.25, -0.2) is 0 Å². The molecular weight excluding hydrogens is 180 g/mol. The summed E-state index contributed by atoms with van der Waals surface area (Å²) in [6.45, 7) is 15.0. The van der Waals surface area contributed by atoms with E-state index in [9.17, 15) is 0 Å². The molecule has 1 aliphatic rings. The lowest BCUT2D eigenvalue weighted by molar-refractivity contribution is 0.570. The third-order valence-electron chi connectivity index (χ3n) is 2.73. The molecule has 0 heteroatoms. The van der Waals surface area contributed by atoms with E-state index in [0.29, 0.717) is 0 Å². The predicted molar refractivity (Wildman–Crippen MR) is 68.7 cm³/mol. The first-order valence-corrected chi connectivity index (χ1v) is 5.51. The molecule has 15 heavy (non-hydrogen) atoms. The van der Waals surface area contributed by atoms with Crippen LogP contribution in [0.25, 0.3) is 0 Å². The van der Waals surface area contributed by atoms with Gasteiger partial charge in [-0.2, -0.15) is 0 Å². The molecule has 0 aromatic rings. The molecule has 0 fully saturated rings. The lowest BCUT2D eigenvalue weighted by atomic mass is 9.80. The summed E-state index contributed by atoms with van der Waals surface area (Å²) in [7, 11) is 0. The molecule has 0 amide bonds. The topological polar surface area (TPSA) is 0 Å². The van der Waals surface area contributed by atoms with Gasteiger partial charge < -0.3 is 0 Å². The Morgan fingerprint density at radius 3 is 1.93 bits per heavy atom. The van der Waals surface area contributed by atoms with Crippen molar-refractivity contribution < 1.29 is 0 Å². The van der Waals surface area contributed by atoms with Crippen LogP contribution >= 0.6 is 0 Å². The zero-order valence-corrected chi connectivity index (χ0v) is 10.6. The lowest BCUT2D eigenvalue weighted by Crippen LogP contribution is -2.12. The van der Waals surface area contributed by atoms with Crippen LogP contribution in [0.4, 0.5) is 0 Å². The molecule has 0 saturated carbocycles. The largest absolute Gasteiger partial charge is 0.0985 e. The maximum atomic E-state index is 3.89. The zero-order valence-electron chi connectivity index (χ0n) is 10.6. The first-order valence-electron chi connectivity index (χ1n) is 5.51. The van der Waals surface area contributed by atoms with Gasteiger partial charge in [-0.1, -0.05) is 64.7 Å². The van der Waals surface area contributed by atoms with Gasteiger partial charge in [-0.05, 0) is 18.1 Å². The Labute approximate surface area is 94.1 Å². The zero-order chi connectivity index (χ0) is 11.7. The van der Waals surface area contributed by atoms with Crippen molar-refractivity contribution in [1.29, 1.82) is 0 Å². The van der Waals surface area contributed by atoms with E-state index in [1.54, 1.807) is 0 Å². The van der Waals surface area contributed by atoms with Gasteiger partial charge in [0.15, 0.2) is 0 Å². The highest BCUT2D eigenvalue weighted by molar-refractivity contribution is 5.42. The fourth-order valence-electron chi connectivity index (χ4n) is 1.90. The molecule has 0 aromatic carbocycles. The normalized spacial score (nSPS) is 23.5. The number of hydrogen-bond donors (Lipinski definition) is 0. The van der Waals surface area contributed by atoms with E-state index in [2.05, 4.69) is 65.5 Å². The van der Waals surface area contributed by atoms with Crippen molar-refractivity contribution in [1.82, 2.24) is 0 Å². The van der Waals surface area contributed by atoms with Crippen LogP contribution in [0.1, 0.15) is 34.6 Å². The summed E-state index contributed by atoms with van der Waals surface area (Å²) in [5, 5.41) is 0. The quantitative estimate of drug-likeness (QED) is 0.542. The maximum Gasteiger partial charge on any atom is 0.00138 e. The fourth-order valence-corrected chi connectivity index (χ4v) is 1.90. The lowest BCUT2D eigenvalue weighted by Gasteiger charge is -2.25. The van der Waals surface area contributed by atoms with E-state index in [0.717, 1.165) is 0 Å². The number of rotatable bonds is 1. The Balaban J connectivity index is 3.32. The van der Waals surface area contributed by atoms with Crippen LogP contribution in [0.5, 0.6) is 0 Å². The molecule has 0 nitrogen and oxygen atoms in total.